The molecule has 0 fully saturated rings. The second kappa shape index (κ2) is 7.19. The van der Waals surface area contributed by atoms with Crippen LogP contribution < -0.4 is 5.73 Å². The number of carbonyl (C=O) groups is 2. The molecule has 0 spiro atoms. The van der Waals surface area contributed by atoms with Crippen LogP contribution in [0.3, 0.4) is 0 Å². The van der Waals surface area contributed by atoms with E-state index in [1.165, 1.54) is 19.1 Å². The van der Waals surface area contributed by atoms with Crippen molar-refractivity contribution in [2.45, 2.75) is 26.0 Å². The topological polar surface area (TPSA) is 81.9 Å². The van der Waals surface area contributed by atoms with E-state index in [0.717, 1.165) is 0 Å². The zero-order valence-corrected chi connectivity index (χ0v) is 10.2. The van der Waals surface area contributed by atoms with Crippen LogP contribution in [0.2, 0.25) is 0 Å². The molecule has 1 unspecified atom stereocenters. The summed E-state index contributed by atoms with van der Waals surface area (Å²) in [5, 5.41) is 0. The van der Waals surface area contributed by atoms with E-state index in [2.05, 4.69) is 4.74 Å². The van der Waals surface area contributed by atoms with E-state index in [1.54, 1.807) is 0 Å². The normalized spacial score (nSPS) is 12.4. The van der Waals surface area contributed by atoms with Crippen molar-refractivity contribution in [1.82, 2.24) is 4.90 Å². The van der Waals surface area contributed by atoms with Crippen LogP contribution in [0.4, 0.5) is 0 Å². The Morgan fingerprint density at radius 2 is 1.88 bits per heavy atom. The minimum atomic E-state index is -0.716. The summed E-state index contributed by atoms with van der Waals surface area (Å²) in [4.78, 5) is 24.4. The molecule has 0 aromatic rings. The van der Waals surface area contributed by atoms with Crippen molar-refractivity contribution in [2.24, 2.45) is 5.73 Å². The van der Waals surface area contributed by atoms with Gasteiger partial charge in [-0.25, -0.2) is 0 Å². The molecule has 1 atom stereocenters. The fourth-order valence-corrected chi connectivity index (χ4v) is 1.20. The molecular formula is C10H20N2O4. The number of ether oxygens (including phenoxy) is 2. The summed E-state index contributed by atoms with van der Waals surface area (Å²) < 4.78 is 9.46. The minimum absolute atomic E-state index is 0.0831. The highest BCUT2D eigenvalue weighted by Gasteiger charge is 2.26. The Kier molecular flexibility index (Phi) is 6.67. The number of methoxy groups -OCH3 is 2. The summed E-state index contributed by atoms with van der Waals surface area (Å²) in [6, 6.07) is -0.115. The van der Waals surface area contributed by atoms with E-state index >= 15 is 0 Å². The van der Waals surface area contributed by atoms with Gasteiger partial charge in [-0.15, -0.1) is 0 Å². The lowest BCUT2D eigenvalue weighted by Gasteiger charge is -2.28. The first-order chi connectivity index (χ1) is 7.47. The van der Waals surface area contributed by atoms with Crippen LogP contribution in [-0.2, 0) is 19.1 Å². The second-order valence-electron chi connectivity index (χ2n) is 3.60. The maximum Gasteiger partial charge on any atom is 0.325 e. The number of rotatable bonds is 6. The SMILES string of the molecule is COC(=O)CN(C(=O)C(CN)OC)C(C)C. The Morgan fingerprint density at radius 1 is 1.31 bits per heavy atom. The average Bonchev–Trinajstić information content (AvgIpc) is 2.26. The van der Waals surface area contributed by atoms with Gasteiger partial charge in [-0.1, -0.05) is 0 Å². The maximum atomic E-state index is 11.9. The molecule has 0 bridgehead atoms. The van der Waals surface area contributed by atoms with Crippen LogP contribution in [0.15, 0.2) is 0 Å². The van der Waals surface area contributed by atoms with Crippen LogP contribution in [-0.4, -0.2) is 56.2 Å². The predicted molar refractivity (Wildman–Crippen MR) is 58.7 cm³/mol. The number of carbonyl (C=O) groups excluding carboxylic acids is 2. The number of nitrogens with zero attached hydrogens (tertiary/aromatic N) is 1. The van der Waals surface area contributed by atoms with E-state index in [0.29, 0.717) is 0 Å². The summed E-state index contributed by atoms with van der Waals surface area (Å²) in [5.41, 5.74) is 5.40. The van der Waals surface area contributed by atoms with Crippen LogP contribution in [0.5, 0.6) is 0 Å². The van der Waals surface area contributed by atoms with E-state index < -0.39 is 12.1 Å². The van der Waals surface area contributed by atoms with Gasteiger partial charge in [0.05, 0.1) is 7.11 Å². The van der Waals surface area contributed by atoms with E-state index in [4.69, 9.17) is 10.5 Å². The van der Waals surface area contributed by atoms with Gasteiger partial charge in [-0.3, -0.25) is 9.59 Å². The Hall–Kier alpha value is -1.14. The summed E-state index contributed by atoms with van der Waals surface area (Å²) in [5.74, 6) is -0.765. The number of hydrogen-bond acceptors (Lipinski definition) is 5. The lowest BCUT2D eigenvalue weighted by Crippen LogP contribution is -2.48. The molecule has 6 nitrogen and oxygen atoms in total. The van der Waals surface area contributed by atoms with Gasteiger partial charge in [-0.05, 0) is 13.8 Å². The molecular weight excluding hydrogens is 212 g/mol. The molecule has 1 amide bonds. The summed E-state index contributed by atoms with van der Waals surface area (Å²) in [6.07, 6.45) is -0.716. The van der Waals surface area contributed by atoms with Crippen LogP contribution >= 0.6 is 0 Å². The number of esters is 1. The highest BCUT2D eigenvalue weighted by Crippen LogP contribution is 2.04. The first kappa shape index (κ1) is 14.9. The molecule has 0 saturated heterocycles. The van der Waals surface area contributed by atoms with Crippen LogP contribution in [0.25, 0.3) is 0 Å². The van der Waals surface area contributed by atoms with Crippen molar-refractivity contribution in [1.29, 1.82) is 0 Å². The van der Waals surface area contributed by atoms with Crippen LogP contribution in [0, 0.1) is 0 Å². The largest absolute Gasteiger partial charge is 0.468 e. The van der Waals surface area contributed by atoms with Gasteiger partial charge in [0.15, 0.2) is 0 Å². The summed E-state index contributed by atoms with van der Waals surface area (Å²) >= 11 is 0. The molecule has 0 rings (SSSR count). The number of amides is 1. The predicted octanol–water partition coefficient (Wildman–Crippen LogP) is -0.630. The molecule has 0 saturated carbocycles. The molecule has 0 aliphatic carbocycles. The van der Waals surface area contributed by atoms with Gasteiger partial charge < -0.3 is 20.1 Å². The van der Waals surface area contributed by atoms with E-state index in [1.807, 2.05) is 13.8 Å². The fourth-order valence-electron chi connectivity index (χ4n) is 1.20. The van der Waals surface area contributed by atoms with Crippen LogP contribution in [0.1, 0.15) is 13.8 Å². The Balaban J connectivity index is 4.64. The molecule has 0 heterocycles. The lowest BCUT2D eigenvalue weighted by atomic mass is 10.2. The van der Waals surface area contributed by atoms with E-state index in [9.17, 15) is 9.59 Å². The standard InChI is InChI=1S/C10H20N2O4/c1-7(2)12(6-9(13)16-4)10(14)8(5-11)15-3/h7-8H,5-6,11H2,1-4H3. The van der Waals surface area contributed by atoms with Crippen molar-refractivity contribution in [3.63, 3.8) is 0 Å². The number of hydrogen-bond donors (Lipinski definition) is 1. The molecule has 0 aromatic carbocycles. The second-order valence-corrected chi connectivity index (χ2v) is 3.60. The molecule has 0 aliphatic heterocycles. The molecule has 0 aromatic heterocycles. The first-order valence-electron chi connectivity index (χ1n) is 5.08. The average molecular weight is 232 g/mol. The van der Waals surface area contributed by atoms with Gasteiger partial charge in [0.2, 0.25) is 0 Å². The first-order valence-corrected chi connectivity index (χ1v) is 5.08. The fraction of sp³-hybridized carbons (Fsp3) is 0.800. The molecule has 16 heavy (non-hydrogen) atoms. The van der Waals surface area contributed by atoms with Gasteiger partial charge in [-0.2, -0.15) is 0 Å². The zero-order chi connectivity index (χ0) is 12.7. The van der Waals surface area contributed by atoms with Crippen molar-refractivity contribution < 1.29 is 19.1 Å². The third kappa shape index (κ3) is 4.16. The smallest absolute Gasteiger partial charge is 0.325 e. The minimum Gasteiger partial charge on any atom is -0.468 e. The molecule has 0 radical (unpaired) electrons. The molecule has 2 N–H and O–H groups in total. The Bertz CT molecular complexity index is 239. The van der Waals surface area contributed by atoms with Crippen molar-refractivity contribution >= 4 is 11.9 Å². The van der Waals surface area contributed by atoms with E-state index in [-0.39, 0.29) is 25.0 Å². The van der Waals surface area contributed by atoms with Gasteiger partial charge in [0.25, 0.3) is 5.91 Å². The van der Waals surface area contributed by atoms with Crippen molar-refractivity contribution in [3.8, 4) is 0 Å². The maximum absolute atomic E-state index is 11.9. The quantitative estimate of drug-likeness (QED) is 0.617. The third-order valence-corrected chi connectivity index (χ3v) is 2.21. The van der Waals surface area contributed by atoms with Gasteiger partial charge in [0.1, 0.15) is 12.6 Å². The molecule has 94 valence electrons. The van der Waals surface area contributed by atoms with Crippen molar-refractivity contribution in [2.75, 3.05) is 27.3 Å². The Morgan fingerprint density at radius 3 is 2.19 bits per heavy atom. The Labute approximate surface area is 95.7 Å². The van der Waals surface area contributed by atoms with Gasteiger partial charge >= 0.3 is 5.97 Å². The highest BCUT2D eigenvalue weighted by molar-refractivity contribution is 5.85. The highest BCUT2D eigenvalue weighted by atomic mass is 16.5. The lowest BCUT2D eigenvalue weighted by molar-refractivity contribution is -0.152. The number of nitrogens with two attached hydrogens (primary N) is 1. The summed E-state index contributed by atoms with van der Waals surface area (Å²) in [7, 11) is 2.69. The van der Waals surface area contributed by atoms with Gasteiger partial charge in [0, 0.05) is 19.7 Å². The monoisotopic (exact) mass is 232 g/mol. The third-order valence-electron chi connectivity index (χ3n) is 2.21. The zero-order valence-electron chi connectivity index (χ0n) is 10.2. The summed E-state index contributed by atoms with van der Waals surface area (Å²) in [6.45, 7) is 3.61. The van der Waals surface area contributed by atoms with Crippen molar-refractivity contribution in [3.05, 3.63) is 0 Å². The molecule has 6 heteroatoms. The molecule has 0 aliphatic rings.